The highest BCUT2D eigenvalue weighted by Crippen LogP contribution is 2.46. The summed E-state index contributed by atoms with van der Waals surface area (Å²) in [5, 5.41) is 0. The molecule has 4 saturated carbocycles. The highest BCUT2D eigenvalue weighted by atomic mass is 32.2. The van der Waals surface area contributed by atoms with Gasteiger partial charge in [0.05, 0.1) is 42.4 Å². The minimum atomic E-state index is -2.67. The Morgan fingerprint density at radius 1 is 0.441 bits per heavy atom. The smallest absolute Gasteiger partial charge is 0.218 e. The first-order valence-corrected chi connectivity index (χ1v) is 47.9. The first-order chi connectivity index (χ1) is 55.0. The maximum Gasteiger partial charge on any atom is 0.218 e. The zero-order valence-electron chi connectivity index (χ0n) is 90.8. The molecule has 1 amide bonds. The molecule has 0 aromatic heterocycles. The van der Waals surface area contributed by atoms with Crippen molar-refractivity contribution >= 4 is 47.4 Å². The Bertz CT molecular complexity index is 2930. The number of sulfone groups is 1. The van der Waals surface area contributed by atoms with Crippen LogP contribution >= 0.6 is 0 Å². The molecule has 0 spiro atoms. The first kappa shape index (κ1) is 171. The fraction of sp³-hybridized carbons (Fsp3) is 0.694. The van der Waals surface area contributed by atoms with E-state index >= 15 is 0 Å². The Morgan fingerprint density at radius 2 is 0.583 bits per heavy atom. The third kappa shape index (κ3) is 146. The lowest BCUT2D eigenvalue weighted by Crippen LogP contribution is -2.39. The summed E-state index contributed by atoms with van der Waals surface area (Å²) in [5.74, 6) is 21.0. The number of ketones is 3. The molecule has 0 heterocycles. The van der Waals surface area contributed by atoms with E-state index in [0.717, 1.165) is 123 Å². The van der Waals surface area contributed by atoms with Crippen molar-refractivity contribution in [3.8, 4) is 23.3 Å². The fourth-order valence-corrected chi connectivity index (χ4v) is 9.03. The molecular formula is C111H227N5O9SSi. The van der Waals surface area contributed by atoms with Crippen molar-refractivity contribution in [3.05, 3.63) is 153 Å². The number of quaternary nitrogens is 1. The van der Waals surface area contributed by atoms with Gasteiger partial charge in [-0.05, 0) is 244 Å². The number of methoxy groups -OCH3 is 3. The van der Waals surface area contributed by atoms with Gasteiger partial charge >= 0.3 is 0 Å². The van der Waals surface area contributed by atoms with E-state index in [1.807, 2.05) is 85.9 Å². The van der Waals surface area contributed by atoms with E-state index < -0.39 is 9.84 Å². The Hall–Kier alpha value is -6.22. The summed E-state index contributed by atoms with van der Waals surface area (Å²) >= 11 is 0. The molecule has 760 valence electrons. The average molecular weight is 1840 g/mol. The van der Waals surface area contributed by atoms with Crippen LogP contribution in [0.4, 0.5) is 0 Å². The van der Waals surface area contributed by atoms with E-state index in [1.54, 1.807) is 73.8 Å². The van der Waals surface area contributed by atoms with Gasteiger partial charge in [-0.2, -0.15) is 0 Å². The monoisotopic (exact) mass is 1830 g/mol. The van der Waals surface area contributed by atoms with Gasteiger partial charge in [0.15, 0.2) is 11.6 Å². The molecule has 3 aromatic carbocycles. The Morgan fingerprint density at radius 3 is 0.669 bits per heavy atom. The lowest BCUT2D eigenvalue weighted by atomic mass is 9.60. The molecule has 16 heteroatoms. The highest BCUT2D eigenvalue weighted by molar-refractivity contribution is 7.89. The third-order valence-corrected chi connectivity index (χ3v) is 20.2. The standard InChI is InChI=1S/C10H10O2.C10H20.C9H12O2.C8H16.C8H10.C8H16.2C6H12.C5H12.C4H9NO.C4H12N.C4H9N.C4H6.C3H9NSi.C3H9N.C3H6O.C2H6O2S.C2H6O.3C2H4.5CH4.CH3/c1-7(11)9-3-5-10(6-4-9)8(2)12;1-6-7(2)9(4)10(5)8(6)3;1-7-4-8(10-2)6-9(5-7)11-3;2*1-7-3-5-8(2)6-4-7;1-5-6(2)8(4)7(5)3;1-4-5(2)6(4)3;1-5(2)6(3)4;1-5(2,3)4;1-4(6)5(2)3;1-5(2,3)4;1-4(2)5-3;1-3-4-2;1-4-5(2)3;1-4(2)3;1-3(2)4;1-5(2,3)4;1-3-2;3*1-2;;;;;;/h3-6H,1-2H3;6-10H,1-5H3;4-6H,1-3H3;7-8H,3-6H2,1-2H3;3-6H,1-2H3;5-8H,1-4H3;4-6H,1-3H3;1-4H3;1-4H3;1-3H3;1-4H3;1-3H3;1-2H3;1-3H3;1-3H3;1-2H3;1-2H3;1-2H3;3*1-2H2;5*1H4;1H3/q;;;;;;;;;;+1;;;;;;;;;;;;;;;;-1. The molecule has 127 heavy (non-hydrogen) atoms. The van der Waals surface area contributed by atoms with Crippen LogP contribution < -0.4 is 9.47 Å². The van der Waals surface area contributed by atoms with Gasteiger partial charge in [-0.15, -0.1) is 51.3 Å². The zero-order chi connectivity index (χ0) is 100.0. The summed E-state index contributed by atoms with van der Waals surface area (Å²) in [5.41, 5.74) is 9.56. The van der Waals surface area contributed by atoms with Crippen LogP contribution in [0.1, 0.15) is 315 Å². The Kier molecular flexibility index (Phi) is 141. The summed E-state index contributed by atoms with van der Waals surface area (Å²) in [6.07, 6.45) is 8.21. The lowest BCUT2D eigenvalue weighted by Gasteiger charge is -2.45. The van der Waals surface area contributed by atoms with Gasteiger partial charge in [0.1, 0.15) is 35.7 Å². The fourth-order valence-electron chi connectivity index (χ4n) is 9.03. The number of ether oxygens (including phenoxy) is 3. The topological polar surface area (TPSA) is 161 Å². The number of allylic oxidation sites excluding steroid dienone is 2. The maximum atomic E-state index is 10.8. The second kappa shape index (κ2) is 105. The number of aliphatic imine (C=N–C) groups is 1. The van der Waals surface area contributed by atoms with Crippen LogP contribution in [-0.2, 0) is 24.2 Å². The second-order valence-corrected chi connectivity index (χ2v) is 41.3. The van der Waals surface area contributed by atoms with Crippen molar-refractivity contribution in [1.29, 1.82) is 0 Å². The molecule has 3 aromatic rings. The van der Waals surface area contributed by atoms with Gasteiger partial charge in [0, 0.05) is 84.8 Å². The second-order valence-electron chi connectivity index (χ2n) is 36.6. The van der Waals surface area contributed by atoms with Crippen LogP contribution in [0, 0.1) is 128 Å². The van der Waals surface area contributed by atoms with Crippen LogP contribution in [0.2, 0.25) is 13.1 Å². The van der Waals surface area contributed by atoms with Crippen molar-refractivity contribution < 1.29 is 46.3 Å². The van der Waals surface area contributed by atoms with E-state index in [0.29, 0.717) is 16.5 Å². The van der Waals surface area contributed by atoms with Gasteiger partial charge in [0.2, 0.25) is 5.91 Å². The third-order valence-electron chi connectivity index (χ3n) is 19.3. The molecule has 14 nitrogen and oxygen atoms in total. The van der Waals surface area contributed by atoms with Crippen LogP contribution in [0.3, 0.4) is 0 Å². The molecule has 0 bridgehead atoms. The molecule has 4 aliphatic carbocycles. The minimum Gasteiger partial charge on any atom is -0.497 e. The number of hydrogen-bond donors (Lipinski definition) is 0. The molecule has 0 atom stereocenters. The number of Topliss-reactive ketones (excluding diaryl/α,β-unsaturated/α-hetero) is 3. The van der Waals surface area contributed by atoms with Crippen molar-refractivity contribution in [1.82, 2.24) is 9.80 Å². The largest absolute Gasteiger partial charge is 0.497 e. The molecule has 0 N–H and O–H groups in total. The Labute approximate surface area is 802 Å². The van der Waals surface area contributed by atoms with E-state index in [-0.39, 0.29) is 76.4 Å². The summed E-state index contributed by atoms with van der Waals surface area (Å²) in [6.45, 7) is 94.0. The predicted octanol–water partition coefficient (Wildman–Crippen LogP) is 31.7. The minimum absolute atomic E-state index is 0. The first-order valence-electron chi connectivity index (χ1n) is 43.2. The van der Waals surface area contributed by atoms with Crippen LogP contribution in [0.5, 0.6) is 11.5 Å². The number of carbonyl (C=O) groups is 4. The molecule has 0 radical (unpaired) electrons. The van der Waals surface area contributed by atoms with Gasteiger partial charge in [-0.25, -0.2) is 8.42 Å². The molecule has 0 unspecified atom stereocenters. The Balaban J connectivity index is -0.0000000532. The SMILES string of the molecule is C.C.C.C.C.C=C.C=C.C=C.CC#CC.CC(=O)N(C)C.CC(=O)c1ccc(C(C)=O)cc1.CC(C)(C)C.CC(C)=C(C)C.CC(C)=O.CC1C(C)C(C)C(C)C1C.CC1C(C)C(C)C1C.CC1C(C)C1C.CC1CCC(C)CC1.CN(C)C.CN=C(C)C.CN=[Si](C)C.COC.COc1cc(C)cc(OC)c1.CS(C)(=O)=O.C[N+](C)(C)C.Cc1ccc(C)cc1.[CH3-]. The quantitative estimate of drug-likeness (QED) is 0.0468. The normalized spacial score (nSPS) is 18.8. The lowest BCUT2D eigenvalue weighted by molar-refractivity contribution is -0.849. The van der Waals surface area contributed by atoms with E-state index in [2.05, 4.69) is 297 Å². The summed E-state index contributed by atoms with van der Waals surface area (Å²) in [7, 11) is 25.2. The van der Waals surface area contributed by atoms with Gasteiger partial charge < -0.3 is 45.3 Å². The van der Waals surface area contributed by atoms with E-state index in [1.165, 1.54) is 87.5 Å². The van der Waals surface area contributed by atoms with Crippen LogP contribution in [0.25, 0.3) is 0 Å². The number of benzene rings is 3. The number of aryl methyl sites for hydroxylation is 3. The van der Waals surface area contributed by atoms with Crippen molar-refractivity contribution in [3.63, 3.8) is 0 Å². The molecule has 0 saturated heterocycles. The summed E-state index contributed by atoms with van der Waals surface area (Å²) in [4.78, 5) is 48.5. The van der Waals surface area contributed by atoms with Crippen molar-refractivity contribution in [2.24, 2.45) is 97.9 Å². The summed E-state index contributed by atoms with van der Waals surface area (Å²) < 4.78 is 38.6. The van der Waals surface area contributed by atoms with Crippen molar-refractivity contribution in [2.75, 3.05) is 118 Å². The van der Waals surface area contributed by atoms with Crippen LogP contribution in [-0.4, -0.2) is 179 Å². The highest BCUT2D eigenvalue weighted by Gasteiger charge is 2.39. The van der Waals surface area contributed by atoms with E-state index in [9.17, 15) is 27.6 Å². The van der Waals surface area contributed by atoms with Crippen molar-refractivity contribution in [2.45, 2.75) is 311 Å². The summed E-state index contributed by atoms with van der Waals surface area (Å²) in [6, 6.07) is 20.9. The molecule has 4 fully saturated rings. The van der Waals surface area contributed by atoms with Crippen LogP contribution in [0.15, 0.2) is 127 Å². The number of carbonyl (C=O) groups excluding carboxylic acids is 4. The molecule has 4 aliphatic rings. The maximum absolute atomic E-state index is 10.8. The van der Waals surface area contributed by atoms with Gasteiger partial charge in [-0.1, -0.05) is 258 Å². The number of hydrogen-bond acceptors (Lipinski definition) is 12. The van der Waals surface area contributed by atoms with Gasteiger partial charge in [0.25, 0.3) is 0 Å². The molecule has 0 aliphatic heterocycles. The number of amides is 1. The molecule has 7 rings (SSSR count). The predicted molar refractivity (Wildman–Crippen MR) is 590 cm³/mol. The number of nitrogens with zero attached hydrogens (tertiary/aromatic N) is 5. The van der Waals surface area contributed by atoms with Gasteiger partial charge in [-0.3, -0.25) is 19.4 Å². The number of rotatable bonds is 4. The molecular weight excluding hydrogens is 1610 g/mol. The zero-order valence-corrected chi connectivity index (χ0v) is 92.6. The van der Waals surface area contributed by atoms with E-state index in [4.69, 9.17) is 9.47 Å². The average Bonchev–Trinajstić information content (AvgIpc) is 1.80.